The summed E-state index contributed by atoms with van der Waals surface area (Å²) in [6, 6.07) is -0.144. The van der Waals surface area contributed by atoms with Crippen molar-refractivity contribution in [2.75, 3.05) is 13.1 Å². The first kappa shape index (κ1) is 12.1. The van der Waals surface area contributed by atoms with Crippen LogP contribution in [0.4, 0.5) is 17.6 Å². The van der Waals surface area contributed by atoms with Crippen LogP contribution >= 0.6 is 0 Å². The Bertz CT molecular complexity index is 237. The summed E-state index contributed by atoms with van der Waals surface area (Å²) in [6.45, 7) is -1.43. The van der Waals surface area contributed by atoms with E-state index in [2.05, 4.69) is 4.74 Å². The summed E-state index contributed by atoms with van der Waals surface area (Å²) in [7, 11) is 0. The first-order chi connectivity index (χ1) is 7.38. The fourth-order valence-electron chi connectivity index (χ4n) is 2.52. The first-order valence-corrected chi connectivity index (χ1v) is 5.58. The molecule has 1 aliphatic heterocycles. The van der Waals surface area contributed by atoms with Gasteiger partial charge >= 0.3 is 12.2 Å². The average Bonchev–Trinajstić information content (AvgIpc) is 2.14. The van der Waals surface area contributed by atoms with Gasteiger partial charge in [-0.2, -0.15) is 17.6 Å². The fraction of sp³-hybridized carbons (Fsp3) is 1.00. The third kappa shape index (κ3) is 2.85. The second-order valence-electron chi connectivity index (χ2n) is 4.57. The van der Waals surface area contributed by atoms with Crippen LogP contribution in [-0.2, 0) is 4.74 Å². The van der Waals surface area contributed by atoms with Gasteiger partial charge in [-0.15, -0.1) is 0 Å². The number of alkyl halides is 4. The minimum absolute atomic E-state index is 0.144. The summed E-state index contributed by atoms with van der Waals surface area (Å²) in [5.41, 5.74) is 0. The number of nitrogens with zero attached hydrogens (tertiary/aromatic N) is 1. The van der Waals surface area contributed by atoms with Crippen LogP contribution < -0.4 is 0 Å². The standard InChI is InChI=1S/C10H15F4NO/c11-9(12)6-15(7-10(13,14)16-9)8-4-2-1-3-5-8/h8H,1-7H2. The molecule has 1 aliphatic carbocycles. The number of hydrogen-bond acceptors (Lipinski definition) is 2. The minimum Gasteiger partial charge on any atom is -0.284 e. The first-order valence-electron chi connectivity index (χ1n) is 5.58. The molecular weight excluding hydrogens is 226 g/mol. The Labute approximate surface area is 91.5 Å². The maximum Gasteiger partial charge on any atom is 0.372 e. The molecule has 2 nitrogen and oxygen atoms in total. The molecule has 0 amide bonds. The van der Waals surface area contributed by atoms with Gasteiger partial charge in [0.25, 0.3) is 0 Å². The summed E-state index contributed by atoms with van der Waals surface area (Å²) in [5.74, 6) is 0. The van der Waals surface area contributed by atoms with Crippen molar-refractivity contribution in [3.8, 4) is 0 Å². The molecule has 0 unspecified atom stereocenters. The Hall–Kier alpha value is -0.360. The highest BCUT2D eigenvalue weighted by atomic mass is 19.3. The topological polar surface area (TPSA) is 12.5 Å². The maximum atomic E-state index is 13.0. The van der Waals surface area contributed by atoms with E-state index < -0.39 is 25.3 Å². The van der Waals surface area contributed by atoms with Gasteiger partial charge in [0.2, 0.25) is 0 Å². The van der Waals surface area contributed by atoms with Gasteiger partial charge in [-0.3, -0.25) is 9.64 Å². The van der Waals surface area contributed by atoms with E-state index in [1.807, 2.05) is 0 Å². The molecule has 1 saturated carbocycles. The zero-order chi connectivity index (χ0) is 11.8. The molecule has 6 heteroatoms. The van der Waals surface area contributed by atoms with Gasteiger partial charge < -0.3 is 0 Å². The van der Waals surface area contributed by atoms with E-state index in [9.17, 15) is 17.6 Å². The SMILES string of the molecule is FC1(F)CN(C2CCCCC2)CC(F)(F)O1. The Morgan fingerprint density at radius 2 is 1.38 bits per heavy atom. The Morgan fingerprint density at radius 1 is 0.875 bits per heavy atom. The quantitative estimate of drug-likeness (QED) is 0.654. The highest BCUT2D eigenvalue weighted by Crippen LogP contribution is 2.36. The smallest absolute Gasteiger partial charge is 0.284 e. The van der Waals surface area contributed by atoms with Crippen LogP contribution in [0.15, 0.2) is 0 Å². The summed E-state index contributed by atoms with van der Waals surface area (Å²) in [6.07, 6.45) is -3.09. The fourth-order valence-corrected chi connectivity index (χ4v) is 2.52. The van der Waals surface area contributed by atoms with Crippen LogP contribution in [0.2, 0.25) is 0 Å². The Kier molecular flexibility index (Phi) is 3.13. The Balaban J connectivity index is 2.03. The lowest BCUT2D eigenvalue weighted by molar-refractivity contribution is -0.407. The monoisotopic (exact) mass is 241 g/mol. The molecule has 1 heterocycles. The van der Waals surface area contributed by atoms with Crippen molar-refractivity contribution in [3.05, 3.63) is 0 Å². The second kappa shape index (κ2) is 4.14. The largest absolute Gasteiger partial charge is 0.372 e. The minimum atomic E-state index is -3.74. The van der Waals surface area contributed by atoms with Crippen molar-refractivity contribution < 1.29 is 22.3 Å². The lowest BCUT2D eigenvalue weighted by atomic mass is 9.94. The molecule has 0 aromatic rings. The molecule has 0 atom stereocenters. The molecule has 2 rings (SSSR count). The van der Waals surface area contributed by atoms with Crippen molar-refractivity contribution in [3.63, 3.8) is 0 Å². The van der Waals surface area contributed by atoms with Crippen LogP contribution in [0.5, 0.6) is 0 Å². The highest BCUT2D eigenvalue weighted by Gasteiger charge is 2.52. The molecule has 2 fully saturated rings. The van der Waals surface area contributed by atoms with Crippen molar-refractivity contribution >= 4 is 0 Å². The molecule has 0 bridgehead atoms. The average molecular weight is 241 g/mol. The number of morpholine rings is 1. The van der Waals surface area contributed by atoms with Crippen molar-refractivity contribution in [2.45, 2.75) is 50.4 Å². The molecule has 94 valence electrons. The van der Waals surface area contributed by atoms with E-state index in [-0.39, 0.29) is 6.04 Å². The number of ether oxygens (including phenoxy) is 1. The summed E-state index contributed by atoms with van der Waals surface area (Å²) < 4.78 is 55.3. The molecule has 1 saturated heterocycles. The third-order valence-electron chi connectivity index (χ3n) is 3.16. The van der Waals surface area contributed by atoms with E-state index in [0.29, 0.717) is 0 Å². The zero-order valence-corrected chi connectivity index (χ0v) is 8.89. The summed E-state index contributed by atoms with van der Waals surface area (Å²) >= 11 is 0. The molecule has 0 aromatic carbocycles. The van der Waals surface area contributed by atoms with E-state index in [0.717, 1.165) is 32.1 Å². The molecular formula is C10H15F4NO. The van der Waals surface area contributed by atoms with Gasteiger partial charge in [-0.05, 0) is 12.8 Å². The highest BCUT2D eigenvalue weighted by molar-refractivity contribution is 4.83. The summed E-state index contributed by atoms with van der Waals surface area (Å²) in [4.78, 5) is 1.18. The third-order valence-corrected chi connectivity index (χ3v) is 3.16. The molecule has 16 heavy (non-hydrogen) atoms. The van der Waals surface area contributed by atoms with Crippen LogP contribution in [0.3, 0.4) is 0 Å². The van der Waals surface area contributed by atoms with Gasteiger partial charge in [0.05, 0.1) is 13.1 Å². The molecule has 0 N–H and O–H groups in total. The molecule has 2 aliphatic rings. The lowest BCUT2D eigenvalue weighted by Gasteiger charge is -2.42. The molecule has 0 aromatic heterocycles. The van der Waals surface area contributed by atoms with Crippen molar-refractivity contribution in [1.29, 1.82) is 0 Å². The maximum absolute atomic E-state index is 13.0. The molecule has 0 radical (unpaired) electrons. The van der Waals surface area contributed by atoms with Crippen LogP contribution in [-0.4, -0.2) is 36.2 Å². The second-order valence-corrected chi connectivity index (χ2v) is 4.57. The lowest BCUT2D eigenvalue weighted by Crippen LogP contribution is -2.57. The zero-order valence-electron chi connectivity index (χ0n) is 8.89. The van der Waals surface area contributed by atoms with E-state index >= 15 is 0 Å². The van der Waals surface area contributed by atoms with Gasteiger partial charge in [-0.25, -0.2) is 0 Å². The van der Waals surface area contributed by atoms with E-state index in [1.54, 1.807) is 0 Å². The van der Waals surface area contributed by atoms with Gasteiger partial charge in [0.15, 0.2) is 0 Å². The van der Waals surface area contributed by atoms with Crippen LogP contribution in [0, 0.1) is 0 Å². The normalized spacial score (nSPS) is 31.5. The van der Waals surface area contributed by atoms with Gasteiger partial charge in [-0.1, -0.05) is 19.3 Å². The summed E-state index contributed by atoms with van der Waals surface area (Å²) in [5, 5.41) is 0. The number of rotatable bonds is 1. The van der Waals surface area contributed by atoms with Gasteiger partial charge in [0, 0.05) is 6.04 Å². The predicted molar refractivity (Wildman–Crippen MR) is 49.4 cm³/mol. The van der Waals surface area contributed by atoms with Crippen LogP contribution in [0.1, 0.15) is 32.1 Å². The van der Waals surface area contributed by atoms with E-state index in [1.165, 1.54) is 4.90 Å². The van der Waals surface area contributed by atoms with E-state index in [4.69, 9.17) is 0 Å². The van der Waals surface area contributed by atoms with Gasteiger partial charge in [0.1, 0.15) is 0 Å². The van der Waals surface area contributed by atoms with Crippen molar-refractivity contribution in [1.82, 2.24) is 4.90 Å². The number of halogens is 4. The van der Waals surface area contributed by atoms with Crippen molar-refractivity contribution in [2.24, 2.45) is 0 Å². The Morgan fingerprint density at radius 3 is 1.88 bits per heavy atom. The molecule has 0 spiro atoms. The van der Waals surface area contributed by atoms with Crippen LogP contribution in [0.25, 0.3) is 0 Å². The number of hydrogen-bond donors (Lipinski definition) is 0. The predicted octanol–water partition coefficient (Wildman–Crippen LogP) is 2.84.